The van der Waals surface area contributed by atoms with E-state index in [0.717, 1.165) is 25.3 Å². The molecule has 2 aromatic rings. The number of furan rings is 1. The molecule has 8 heteroatoms. The topological polar surface area (TPSA) is 80.3 Å². The second-order valence-electron chi connectivity index (χ2n) is 8.11. The average Bonchev–Trinajstić information content (AvgIpc) is 3.34. The molecule has 8 nitrogen and oxygen atoms in total. The molecule has 0 saturated carbocycles. The van der Waals surface area contributed by atoms with Crippen LogP contribution in [0.2, 0.25) is 0 Å². The van der Waals surface area contributed by atoms with E-state index >= 15 is 0 Å². The number of piperazine rings is 1. The molecule has 0 radical (unpaired) electrons. The number of amides is 1. The van der Waals surface area contributed by atoms with Crippen LogP contribution in [0.25, 0.3) is 0 Å². The highest BCUT2D eigenvalue weighted by molar-refractivity contribution is 5.91. The normalized spacial score (nSPS) is 17.5. The summed E-state index contributed by atoms with van der Waals surface area (Å²) < 4.78 is 7.22. The van der Waals surface area contributed by atoms with Crippen LogP contribution in [-0.2, 0) is 5.54 Å². The van der Waals surface area contributed by atoms with Crippen LogP contribution in [0.15, 0.2) is 22.8 Å². The van der Waals surface area contributed by atoms with E-state index in [1.165, 1.54) is 6.26 Å². The highest BCUT2D eigenvalue weighted by Crippen LogP contribution is 2.31. The number of tetrazole rings is 1. The zero-order valence-electron chi connectivity index (χ0n) is 16.9. The van der Waals surface area contributed by atoms with E-state index in [9.17, 15) is 4.79 Å². The van der Waals surface area contributed by atoms with Gasteiger partial charge in [0.25, 0.3) is 5.91 Å². The van der Waals surface area contributed by atoms with Crippen LogP contribution in [0.1, 0.15) is 63.5 Å². The summed E-state index contributed by atoms with van der Waals surface area (Å²) in [5.74, 6) is 1.62. The zero-order chi connectivity index (χ0) is 19.6. The highest BCUT2D eigenvalue weighted by Gasteiger charge is 2.35. The predicted octanol–water partition coefficient (Wildman–Crippen LogP) is 2.57. The van der Waals surface area contributed by atoms with E-state index in [0.29, 0.717) is 24.8 Å². The van der Waals surface area contributed by atoms with Crippen molar-refractivity contribution in [3.63, 3.8) is 0 Å². The lowest BCUT2D eigenvalue weighted by Gasteiger charge is -2.40. The van der Waals surface area contributed by atoms with Crippen LogP contribution < -0.4 is 0 Å². The Morgan fingerprint density at radius 1 is 1.26 bits per heavy atom. The van der Waals surface area contributed by atoms with Gasteiger partial charge in [-0.15, -0.1) is 5.10 Å². The largest absolute Gasteiger partial charge is 0.459 e. The van der Waals surface area contributed by atoms with Crippen LogP contribution >= 0.6 is 0 Å². The molecule has 148 valence electrons. The lowest BCUT2D eigenvalue weighted by atomic mass is 9.97. The molecule has 1 atom stereocenters. The fourth-order valence-corrected chi connectivity index (χ4v) is 3.60. The molecule has 0 aliphatic carbocycles. The van der Waals surface area contributed by atoms with Gasteiger partial charge in [0.1, 0.15) is 0 Å². The van der Waals surface area contributed by atoms with Gasteiger partial charge in [-0.3, -0.25) is 9.69 Å². The van der Waals surface area contributed by atoms with Crippen LogP contribution in [0.3, 0.4) is 0 Å². The fraction of sp³-hybridized carbons (Fsp3) is 0.684. The second-order valence-corrected chi connectivity index (χ2v) is 8.11. The van der Waals surface area contributed by atoms with Gasteiger partial charge < -0.3 is 9.32 Å². The SMILES string of the molecule is CCC(C)(C)n1nnnc1[C@H](C(C)C)N1CCN(C(=O)c2ccco2)CC1. The van der Waals surface area contributed by atoms with Crippen molar-refractivity contribution in [2.75, 3.05) is 26.2 Å². The number of rotatable bonds is 6. The van der Waals surface area contributed by atoms with Crippen molar-refractivity contribution in [2.45, 2.75) is 52.6 Å². The third-order valence-electron chi connectivity index (χ3n) is 5.56. The molecule has 3 rings (SSSR count). The minimum atomic E-state index is -0.136. The molecule has 1 amide bonds. The van der Waals surface area contributed by atoms with Crippen LogP contribution in [0.4, 0.5) is 0 Å². The molecule has 3 heterocycles. The van der Waals surface area contributed by atoms with Crippen molar-refractivity contribution >= 4 is 5.91 Å². The Balaban J connectivity index is 1.75. The van der Waals surface area contributed by atoms with Crippen molar-refractivity contribution in [3.05, 3.63) is 30.0 Å². The number of hydrogen-bond acceptors (Lipinski definition) is 6. The fourth-order valence-electron chi connectivity index (χ4n) is 3.60. The molecule has 1 fully saturated rings. The van der Waals surface area contributed by atoms with Gasteiger partial charge in [0, 0.05) is 26.2 Å². The smallest absolute Gasteiger partial charge is 0.289 e. The summed E-state index contributed by atoms with van der Waals surface area (Å²) in [4.78, 5) is 16.7. The van der Waals surface area contributed by atoms with E-state index in [4.69, 9.17) is 4.42 Å². The average molecular weight is 374 g/mol. The first kappa shape index (κ1) is 19.5. The minimum Gasteiger partial charge on any atom is -0.459 e. The molecule has 0 bridgehead atoms. The molecule has 1 aliphatic heterocycles. The van der Waals surface area contributed by atoms with E-state index in [2.05, 4.69) is 55.0 Å². The van der Waals surface area contributed by atoms with Crippen LogP contribution in [0, 0.1) is 5.92 Å². The summed E-state index contributed by atoms with van der Waals surface area (Å²) in [6.07, 6.45) is 2.48. The molecule has 0 unspecified atom stereocenters. The molecule has 1 saturated heterocycles. The molecule has 0 aromatic carbocycles. The van der Waals surface area contributed by atoms with Crippen LogP contribution in [0.5, 0.6) is 0 Å². The molecule has 27 heavy (non-hydrogen) atoms. The Morgan fingerprint density at radius 2 is 1.96 bits per heavy atom. The summed E-state index contributed by atoms with van der Waals surface area (Å²) in [5.41, 5.74) is -0.136. The number of hydrogen-bond donors (Lipinski definition) is 0. The van der Waals surface area contributed by atoms with Gasteiger partial charge in [-0.2, -0.15) is 0 Å². The van der Waals surface area contributed by atoms with Gasteiger partial charge in [-0.1, -0.05) is 20.8 Å². The van der Waals surface area contributed by atoms with Gasteiger partial charge >= 0.3 is 0 Å². The summed E-state index contributed by atoms with van der Waals surface area (Å²) in [6.45, 7) is 13.8. The van der Waals surface area contributed by atoms with E-state index in [1.54, 1.807) is 12.1 Å². The summed E-state index contributed by atoms with van der Waals surface area (Å²) in [5, 5.41) is 12.6. The first-order valence-corrected chi connectivity index (χ1v) is 9.70. The molecule has 1 aliphatic rings. The van der Waals surface area contributed by atoms with Gasteiger partial charge in [-0.05, 0) is 48.7 Å². The maximum atomic E-state index is 12.5. The Hall–Kier alpha value is -2.22. The number of carbonyl (C=O) groups excluding carboxylic acids is 1. The summed E-state index contributed by atoms with van der Waals surface area (Å²) in [7, 11) is 0. The summed E-state index contributed by atoms with van der Waals surface area (Å²) in [6, 6.07) is 3.58. The monoisotopic (exact) mass is 374 g/mol. The van der Waals surface area contributed by atoms with Gasteiger partial charge in [-0.25, -0.2) is 4.68 Å². The van der Waals surface area contributed by atoms with Crippen molar-refractivity contribution in [2.24, 2.45) is 5.92 Å². The zero-order valence-corrected chi connectivity index (χ0v) is 16.9. The molecule has 0 spiro atoms. The van der Waals surface area contributed by atoms with Gasteiger partial charge in [0.2, 0.25) is 0 Å². The standard InChI is InChI=1S/C19H30N6O2/c1-6-19(4,5)25-17(20-21-22-25)16(14(2)3)23-9-11-24(12-10-23)18(26)15-8-7-13-27-15/h7-8,13-14,16H,6,9-12H2,1-5H3/t16-/m0/s1. The van der Waals surface area contributed by atoms with Gasteiger partial charge in [0.15, 0.2) is 11.6 Å². The minimum absolute atomic E-state index is 0.0438. The Labute approximate surface area is 160 Å². The number of nitrogens with zero attached hydrogens (tertiary/aromatic N) is 6. The highest BCUT2D eigenvalue weighted by atomic mass is 16.3. The second kappa shape index (κ2) is 7.80. The van der Waals surface area contributed by atoms with Gasteiger partial charge in [0.05, 0.1) is 17.8 Å². The van der Waals surface area contributed by atoms with Crippen molar-refractivity contribution in [1.82, 2.24) is 30.0 Å². The lowest BCUT2D eigenvalue weighted by Crippen LogP contribution is -2.51. The third-order valence-corrected chi connectivity index (χ3v) is 5.56. The lowest BCUT2D eigenvalue weighted by molar-refractivity contribution is 0.0453. The Bertz CT molecular complexity index is 744. The van der Waals surface area contributed by atoms with Crippen molar-refractivity contribution in [3.8, 4) is 0 Å². The first-order valence-electron chi connectivity index (χ1n) is 9.70. The quantitative estimate of drug-likeness (QED) is 0.773. The predicted molar refractivity (Wildman–Crippen MR) is 101 cm³/mol. The first-order chi connectivity index (χ1) is 12.8. The van der Waals surface area contributed by atoms with Crippen LogP contribution in [-0.4, -0.2) is 62.1 Å². The van der Waals surface area contributed by atoms with E-state index in [-0.39, 0.29) is 17.5 Å². The Kier molecular flexibility index (Phi) is 5.64. The Morgan fingerprint density at radius 3 is 2.52 bits per heavy atom. The van der Waals surface area contributed by atoms with Crippen molar-refractivity contribution < 1.29 is 9.21 Å². The summed E-state index contributed by atoms with van der Waals surface area (Å²) >= 11 is 0. The molecule has 0 N–H and O–H groups in total. The van der Waals surface area contributed by atoms with Crippen molar-refractivity contribution in [1.29, 1.82) is 0 Å². The van der Waals surface area contributed by atoms with E-state index < -0.39 is 0 Å². The molecular formula is C19H30N6O2. The maximum Gasteiger partial charge on any atom is 0.289 e. The number of aromatic nitrogens is 4. The molecular weight excluding hydrogens is 344 g/mol. The molecule has 2 aromatic heterocycles. The third kappa shape index (κ3) is 3.90. The maximum absolute atomic E-state index is 12.5. The van der Waals surface area contributed by atoms with E-state index in [1.807, 2.05) is 9.58 Å². The number of carbonyl (C=O) groups is 1.